The maximum Gasteiger partial charge on any atom is 0.415 e. The summed E-state index contributed by atoms with van der Waals surface area (Å²) in [5, 5.41) is 10.8. The van der Waals surface area contributed by atoms with E-state index in [1.807, 2.05) is 6.07 Å². The Morgan fingerprint density at radius 3 is 2.65 bits per heavy atom. The lowest BCUT2D eigenvalue weighted by Gasteiger charge is -2.01. The van der Waals surface area contributed by atoms with Crippen LogP contribution in [0, 0.1) is 10.1 Å². The Morgan fingerprint density at radius 2 is 2.12 bits per heavy atom. The van der Waals surface area contributed by atoms with Crippen LogP contribution in [0.1, 0.15) is 18.5 Å². The van der Waals surface area contributed by atoms with Crippen LogP contribution in [0.3, 0.4) is 0 Å². The van der Waals surface area contributed by atoms with E-state index in [9.17, 15) is 14.9 Å². The number of nitro groups is 1. The van der Waals surface area contributed by atoms with Crippen LogP contribution in [0.5, 0.6) is 0 Å². The third-order valence-corrected chi connectivity index (χ3v) is 2.61. The highest BCUT2D eigenvalue weighted by molar-refractivity contribution is 5.72. The molecule has 17 heavy (non-hydrogen) atoms. The molecule has 0 aromatic heterocycles. The van der Waals surface area contributed by atoms with E-state index in [0.29, 0.717) is 0 Å². The minimum atomic E-state index is -1.00. The summed E-state index contributed by atoms with van der Waals surface area (Å²) >= 11 is 0. The number of rotatable bonds is 3. The van der Waals surface area contributed by atoms with Gasteiger partial charge in [0.15, 0.2) is 6.04 Å². The van der Waals surface area contributed by atoms with E-state index in [0.717, 1.165) is 10.5 Å². The van der Waals surface area contributed by atoms with Gasteiger partial charge in [-0.25, -0.2) is 9.69 Å². The summed E-state index contributed by atoms with van der Waals surface area (Å²) in [4.78, 5) is 23.0. The van der Waals surface area contributed by atoms with E-state index >= 15 is 0 Å². The smallest absolute Gasteiger partial charge is 0.415 e. The van der Waals surface area contributed by atoms with Crippen LogP contribution < -0.4 is 0 Å². The maximum absolute atomic E-state index is 11.5. The number of benzene rings is 1. The van der Waals surface area contributed by atoms with Crippen molar-refractivity contribution in [3.63, 3.8) is 0 Å². The van der Waals surface area contributed by atoms with Crippen LogP contribution >= 0.6 is 0 Å². The van der Waals surface area contributed by atoms with Crippen LogP contribution in [0.25, 0.3) is 0 Å². The van der Waals surface area contributed by atoms with E-state index in [1.54, 1.807) is 31.2 Å². The topological polar surface area (TPSA) is 72.5 Å². The second kappa shape index (κ2) is 4.40. The highest BCUT2D eigenvalue weighted by Gasteiger charge is 2.62. The van der Waals surface area contributed by atoms with Gasteiger partial charge in [-0.1, -0.05) is 30.3 Å². The van der Waals surface area contributed by atoms with Gasteiger partial charge in [-0.2, -0.15) is 0 Å². The second-order valence-electron chi connectivity index (χ2n) is 3.66. The largest absolute Gasteiger partial charge is 0.450 e. The fourth-order valence-corrected chi connectivity index (χ4v) is 1.84. The molecule has 1 aliphatic rings. The third-order valence-electron chi connectivity index (χ3n) is 2.61. The number of carbonyl (C=O) groups is 1. The Balaban J connectivity index is 2.18. The lowest BCUT2D eigenvalue weighted by atomic mass is 10.1. The molecule has 0 bridgehead atoms. The molecule has 1 aromatic rings. The van der Waals surface area contributed by atoms with Gasteiger partial charge in [0.05, 0.1) is 6.61 Å². The molecule has 1 aromatic carbocycles. The molecular weight excluding hydrogens is 224 g/mol. The standard InChI is InChI=1S/C11H12N2O4/c1-2-17-11(14)12-9(10(12)13(15)16)8-6-4-3-5-7-8/h3-7,9-10H,2H2,1H3/t9-,10-,12?/m0/s1. The summed E-state index contributed by atoms with van der Waals surface area (Å²) in [6, 6.07) is 8.41. The van der Waals surface area contributed by atoms with Crippen molar-refractivity contribution < 1.29 is 14.5 Å². The predicted molar refractivity (Wildman–Crippen MR) is 58.8 cm³/mol. The van der Waals surface area contributed by atoms with Gasteiger partial charge < -0.3 is 4.74 Å². The first kappa shape index (κ1) is 11.4. The van der Waals surface area contributed by atoms with E-state index in [1.165, 1.54) is 0 Å². The van der Waals surface area contributed by atoms with E-state index in [2.05, 4.69) is 0 Å². The highest BCUT2D eigenvalue weighted by atomic mass is 16.6. The number of ether oxygens (including phenoxy) is 1. The molecule has 1 heterocycles. The molecule has 6 heteroatoms. The monoisotopic (exact) mass is 236 g/mol. The van der Waals surface area contributed by atoms with Crippen molar-refractivity contribution >= 4 is 6.09 Å². The Labute approximate surface area is 97.9 Å². The molecule has 0 saturated carbocycles. The first-order valence-electron chi connectivity index (χ1n) is 5.30. The second-order valence-corrected chi connectivity index (χ2v) is 3.66. The normalized spacial score (nSPS) is 22.1. The zero-order valence-corrected chi connectivity index (χ0v) is 9.28. The average molecular weight is 236 g/mol. The summed E-state index contributed by atoms with van der Waals surface area (Å²) < 4.78 is 4.78. The van der Waals surface area contributed by atoms with Crippen LogP contribution in [0.2, 0.25) is 0 Å². The zero-order chi connectivity index (χ0) is 12.4. The van der Waals surface area contributed by atoms with Crippen molar-refractivity contribution in [2.75, 3.05) is 6.61 Å². The van der Waals surface area contributed by atoms with Gasteiger partial charge >= 0.3 is 12.3 Å². The van der Waals surface area contributed by atoms with Crippen molar-refractivity contribution in [3.8, 4) is 0 Å². The van der Waals surface area contributed by atoms with E-state index in [-0.39, 0.29) is 6.61 Å². The Morgan fingerprint density at radius 1 is 1.47 bits per heavy atom. The summed E-state index contributed by atoms with van der Waals surface area (Å²) in [6.07, 6.45) is -1.64. The molecule has 0 aliphatic carbocycles. The zero-order valence-electron chi connectivity index (χ0n) is 9.28. The van der Waals surface area contributed by atoms with Crippen molar-refractivity contribution in [2.24, 2.45) is 0 Å². The molecule has 1 amide bonds. The molecule has 1 saturated heterocycles. The third kappa shape index (κ3) is 2.06. The predicted octanol–water partition coefficient (Wildman–Crippen LogP) is 1.80. The van der Waals surface area contributed by atoms with Crippen LogP contribution in [0.4, 0.5) is 4.79 Å². The number of hydrogen-bond acceptors (Lipinski definition) is 4. The first-order chi connectivity index (χ1) is 8.16. The van der Waals surface area contributed by atoms with E-state index in [4.69, 9.17) is 4.74 Å². The molecule has 0 unspecified atom stereocenters. The minimum Gasteiger partial charge on any atom is -0.450 e. The Kier molecular flexibility index (Phi) is 2.95. The van der Waals surface area contributed by atoms with Crippen molar-refractivity contribution in [2.45, 2.75) is 19.1 Å². The lowest BCUT2D eigenvalue weighted by molar-refractivity contribution is -0.505. The highest BCUT2D eigenvalue weighted by Crippen LogP contribution is 2.43. The minimum absolute atomic E-state index is 0.210. The Hall–Kier alpha value is -2.11. The molecule has 6 nitrogen and oxygen atoms in total. The van der Waals surface area contributed by atoms with Crippen molar-refractivity contribution in [1.29, 1.82) is 0 Å². The number of nitrogens with zero attached hydrogens (tertiary/aromatic N) is 2. The molecule has 1 aliphatic heterocycles. The summed E-state index contributed by atoms with van der Waals surface area (Å²) in [5.41, 5.74) is 0.752. The fourth-order valence-electron chi connectivity index (χ4n) is 1.84. The fraction of sp³-hybridized carbons (Fsp3) is 0.364. The molecule has 2 atom stereocenters. The molecule has 0 spiro atoms. The van der Waals surface area contributed by atoms with Crippen molar-refractivity contribution in [1.82, 2.24) is 4.90 Å². The molecular formula is C11H12N2O4. The summed E-state index contributed by atoms with van der Waals surface area (Å²) in [7, 11) is 0. The summed E-state index contributed by atoms with van der Waals surface area (Å²) in [5.74, 6) is 0. The van der Waals surface area contributed by atoms with E-state index < -0.39 is 23.2 Å². The average Bonchev–Trinajstić information content (AvgIpc) is 3.06. The van der Waals surface area contributed by atoms with Gasteiger partial charge in [-0.15, -0.1) is 0 Å². The molecule has 1 fully saturated rings. The molecule has 2 rings (SSSR count). The Bertz CT molecular complexity index is 434. The van der Waals surface area contributed by atoms with Crippen molar-refractivity contribution in [3.05, 3.63) is 46.0 Å². The van der Waals surface area contributed by atoms with Crippen LogP contribution in [0.15, 0.2) is 30.3 Å². The number of carbonyl (C=O) groups excluding carboxylic acids is 1. The van der Waals surface area contributed by atoms with Crippen LogP contribution in [-0.2, 0) is 4.74 Å². The molecule has 0 N–H and O–H groups in total. The van der Waals surface area contributed by atoms with Gasteiger partial charge in [0, 0.05) is 4.92 Å². The SMILES string of the molecule is CCOC(=O)N1[C@@H](c2ccccc2)[C@@H]1[N+](=O)[O-]. The van der Waals surface area contributed by atoms with Gasteiger partial charge in [-0.05, 0) is 12.5 Å². The summed E-state index contributed by atoms with van der Waals surface area (Å²) in [6.45, 7) is 1.88. The first-order valence-corrected chi connectivity index (χ1v) is 5.30. The van der Waals surface area contributed by atoms with Gasteiger partial charge in [0.1, 0.15) is 0 Å². The number of amides is 1. The van der Waals surface area contributed by atoms with Gasteiger partial charge in [0.2, 0.25) is 0 Å². The van der Waals surface area contributed by atoms with Gasteiger partial charge in [-0.3, -0.25) is 10.1 Å². The van der Waals surface area contributed by atoms with Crippen LogP contribution in [-0.4, -0.2) is 28.7 Å². The maximum atomic E-state index is 11.5. The molecule has 0 radical (unpaired) electrons. The molecule has 90 valence electrons. The number of hydrogen-bond donors (Lipinski definition) is 0. The quantitative estimate of drug-likeness (QED) is 0.455. The lowest BCUT2D eigenvalue weighted by Crippen LogP contribution is -2.18. The van der Waals surface area contributed by atoms with Gasteiger partial charge in [0.25, 0.3) is 0 Å².